The first-order valence-electron chi connectivity index (χ1n) is 8.99. The van der Waals surface area contributed by atoms with Crippen LogP contribution in [0.5, 0.6) is 5.75 Å². The molecule has 3 aromatic rings. The van der Waals surface area contributed by atoms with E-state index in [-0.39, 0.29) is 22.6 Å². The molecule has 2 heterocycles. The average Bonchev–Trinajstić information content (AvgIpc) is 3.04. The number of rotatable bonds is 4. The van der Waals surface area contributed by atoms with E-state index in [0.29, 0.717) is 5.75 Å². The van der Waals surface area contributed by atoms with Gasteiger partial charge in [-0.2, -0.15) is 0 Å². The zero-order valence-electron chi connectivity index (χ0n) is 15.8. The van der Waals surface area contributed by atoms with Gasteiger partial charge in [0.25, 0.3) is 5.78 Å². The Hall–Kier alpha value is -4.07. The standard InChI is InChI=1S/C22H16FN3O4/c1-30-14-9-7-13(8-10-14)19(27)17-18(15-5-2-3-6-16(15)23)26(21(29)20(17)28)22-24-11-4-12-25-22/h2-12,18,27H,1H3/t18-/m1/s1. The molecular weight excluding hydrogens is 389 g/mol. The van der Waals surface area contributed by atoms with Crippen molar-refractivity contribution in [1.82, 2.24) is 9.97 Å². The Morgan fingerprint density at radius 3 is 2.33 bits per heavy atom. The van der Waals surface area contributed by atoms with Crippen molar-refractivity contribution in [2.24, 2.45) is 0 Å². The Balaban J connectivity index is 1.94. The summed E-state index contributed by atoms with van der Waals surface area (Å²) in [5.41, 5.74) is 0.0750. The van der Waals surface area contributed by atoms with E-state index in [2.05, 4.69) is 9.97 Å². The van der Waals surface area contributed by atoms with Gasteiger partial charge in [-0.3, -0.25) is 14.5 Å². The van der Waals surface area contributed by atoms with E-state index >= 15 is 0 Å². The van der Waals surface area contributed by atoms with Gasteiger partial charge >= 0.3 is 5.91 Å². The number of ether oxygens (including phenoxy) is 1. The number of hydrogen-bond acceptors (Lipinski definition) is 6. The minimum atomic E-state index is -1.23. The molecule has 2 aromatic carbocycles. The lowest BCUT2D eigenvalue weighted by Gasteiger charge is -2.23. The molecule has 150 valence electrons. The number of anilines is 1. The molecule has 1 aliphatic rings. The van der Waals surface area contributed by atoms with Gasteiger partial charge in [-0.15, -0.1) is 0 Å². The number of Topliss-reactive ketones (excluding diaryl/α,β-unsaturated/α-hetero) is 1. The van der Waals surface area contributed by atoms with Crippen LogP contribution < -0.4 is 9.64 Å². The summed E-state index contributed by atoms with van der Waals surface area (Å²) in [5.74, 6) is -2.49. The highest BCUT2D eigenvalue weighted by Gasteiger charge is 2.48. The van der Waals surface area contributed by atoms with Gasteiger partial charge < -0.3 is 9.84 Å². The van der Waals surface area contributed by atoms with Crippen LogP contribution >= 0.6 is 0 Å². The molecule has 30 heavy (non-hydrogen) atoms. The van der Waals surface area contributed by atoms with Crippen LogP contribution in [-0.4, -0.2) is 33.9 Å². The molecule has 1 amide bonds. The molecule has 0 aliphatic carbocycles. The van der Waals surface area contributed by atoms with Crippen LogP contribution in [0.2, 0.25) is 0 Å². The Morgan fingerprint density at radius 2 is 1.70 bits per heavy atom. The summed E-state index contributed by atoms with van der Waals surface area (Å²) < 4.78 is 19.8. The van der Waals surface area contributed by atoms with E-state index in [0.717, 1.165) is 4.90 Å². The maximum Gasteiger partial charge on any atom is 0.302 e. The Labute approximate surface area is 171 Å². The molecule has 1 fully saturated rings. The summed E-state index contributed by atoms with van der Waals surface area (Å²) in [7, 11) is 1.50. The van der Waals surface area contributed by atoms with Crippen molar-refractivity contribution in [1.29, 1.82) is 0 Å². The Bertz CT molecular complexity index is 1150. The maximum atomic E-state index is 14.7. The van der Waals surface area contributed by atoms with E-state index in [1.165, 1.54) is 37.7 Å². The van der Waals surface area contributed by atoms with Gasteiger partial charge in [-0.05, 0) is 36.4 Å². The zero-order valence-corrected chi connectivity index (χ0v) is 15.8. The number of amides is 1. The maximum absolute atomic E-state index is 14.7. The van der Waals surface area contributed by atoms with Crippen LogP contribution in [0.4, 0.5) is 10.3 Å². The molecule has 0 unspecified atom stereocenters. The Kier molecular flexibility index (Phi) is 4.97. The molecule has 1 aliphatic heterocycles. The van der Waals surface area contributed by atoms with Crippen molar-refractivity contribution in [2.45, 2.75) is 6.04 Å². The van der Waals surface area contributed by atoms with Crippen molar-refractivity contribution in [3.8, 4) is 5.75 Å². The van der Waals surface area contributed by atoms with Crippen molar-refractivity contribution >= 4 is 23.4 Å². The number of hydrogen-bond donors (Lipinski definition) is 1. The van der Waals surface area contributed by atoms with E-state index in [1.54, 1.807) is 36.4 Å². The number of aliphatic hydroxyl groups excluding tert-OH is 1. The molecule has 1 N–H and O–H groups in total. The molecule has 4 rings (SSSR count). The summed E-state index contributed by atoms with van der Waals surface area (Å²) in [6, 6.07) is 12.3. The SMILES string of the molecule is COc1ccc(C(O)=C2C(=O)C(=O)N(c3ncccn3)[C@@H]2c2ccccc2F)cc1. The van der Waals surface area contributed by atoms with Crippen molar-refractivity contribution in [2.75, 3.05) is 12.0 Å². The predicted molar refractivity (Wildman–Crippen MR) is 106 cm³/mol. The number of carbonyl (C=O) groups excluding carboxylic acids is 2. The van der Waals surface area contributed by atoms with Crippen LogP contribution in [0.1, 0.15) is 17.2 Å². The fourth-order valence-corrected chi connectivity index (χ4v) is 3.35. The fraction of sp³-hybridized carbons (Fsp3) is 0.0909. The van der Waals surface area contributed by atoms with Gasteiger partial charge in [-0.1, -0.05) is 18.2 Å². The summed E-state index contributed by atoms with van der Waals surface area (Å²) in [6.07, 6.45) is 2.81. The topological polar surface area (TPSA) is 92.6 Å². The van der Waals surface area contributed by atoms with Gasteiger partial charge in [0, 0.05) is 23.5 Å². The van der Waals surface area contributed by atoms with Crippen molar-refractivity contribution in [3.63, 3.8) is 0 Å². The second kappa shape index (κ2) is 7.75. The number of methoxy groups -OCH3 is 1. The number of halogens is 1. The second-order valence-electron chi connectivity index (χ2n) is 6.47. The summed E-state index contributed by atoms with van der Waals surface area (Å²) in [6.45, 7) is 0. The van der Waals surface area contributed by atoms with Crippen molar-refractivity contribution < 1.29 is 23.8 Å². The van der Waals surface area contributed by atoms with E-state index < -0.39 is 29.3 Å². The largest absolute Gasteiger partial charge is 0.507 e. The quantitative estimate of drug-likeness (QED) is 0.407. The molecule has 0 spiro atoms. The van der Waals surface area contributed by atoms with Gasteiger partial charge in [0.1, 0.15) is 23.4 Å². The van der Waals surface area contributed by atoms with Gasteiger partial charge in [-0.25, -0.2) is 14.4 Å². The number of benzene rings is 2. The van der Waals surface area contributed by atoms with Crippen LogP contribution in [0.15, 0.2) is 72.6 Å². The van der Waals surface area contributed by atoms with Crippen molar-refractivity contribution in [3.05, 3.63) is 89.5 Å². The zero-order chi connectivity index (χ0) is 21.3. The van der Waals surface area contributed by atoms with Gasteiger partial charge in [0.2, 0.25) is 5.95 Å². The first-order valence-corrected chi connectivity index (χ1v) is 8.99. The monoisotopic (exact) mass is 405 g/mol. The lowest BCUT2D eigenvalue weighted by Crippen LogP contribution is -2.31. The number of aromatic nitrogens is 2. The van der Waals surface area contributed by atoms with Crippen LogP contribution in [0.3, 0.4) is 0 Å². The summed E-state index contributed by atoms with van der Waals surface area (Å²) in [4.78, 5) is 34.8. The minimum absolute atomic E-state index is 0.0409. The summed E-state index contributed by atoms with van der Waals surface area (Å²) in [5, 5.41) is 10.9. The molecule has 8 heteroatoms. The van der Waals surface area contributed by atoms with Gasteiger partial charge in [0.05, 0.1) is 12.7 Å². The van der Waals surface area contributed by atoms with E-state index in [4.69, 9.17) is 4.74 Å². The van der Waals surface area contributed by atoms with E-state index in [1.807, 2.05) is 0 Å². The number of carbonyl (C=O) groups is 2. The molecule has 0 bridgehead atoms. The highest BCUT2D eigenvalue weighted by Crippen LogP contribution is 2.41. The minimum Gasteiger partial charge on any atom is -0.507 e. The lowest BCUT2D eigenvalue weighted by molar-refractivity contribution is -0.132. The van der Waals surface area contributed by atoms with Crippen LogP contribution in [0, 0.1) is 5.82 Å². The molecule has 7 nitrogen and oxygen atoms in total. The fourth-order valence-electron chi connectivity index (χ4n) is 3.35. The van der Waals surface area contributed by atoms with Crippen LogP contribution in [0.25, 0.3) is 5.76 Å². The van der Waals surface area contributed by atoms with Gasteiger partial charge in [0.15, 0.2) is 0 Å². The third-order valence-electron chi connectivity index (χ3n) is 4.78. The molecule has 0 saturated carbocycles. The first kappa shape index (κ1) is 19.3. The normalized spacial score (nSPS) is 17.9. The predicted octanol–water partition coefficient (Wildman–Crippen LogP) is 3.25. The highest BCUT2D eigenvalue weighted by atomic mass is 19.1. The smallest absolute Gasteiger partial charge is 0.302 e. The molecular formula is C22H16FN3O4. The molecule has 0 radical (unpaired) electrons. The highest BCUT2D eigenvalue weighted by molar-refractivity contribution is 6.51. The lowest BCUT2D eigenvalue weighted by atomic mass is 9.95. The van der Waals surface area contributed by atoms with E-state index in [9.17, 15) is 19.1 Å². The number of ketones is 1. The third-order valence-corrected chi connectivity index (χ3v) is 4.78. The summed E-state index contributed by atoms with van der Waals surface area (Å²) >= 11 is 0. The second-order valence-corrected chi connectivity index (χ2v) is 6.47. The average molecular weight is 405 g/mol. The van der Waals surface area contributed by atoms with Crippen LogP contribution in [-0.2, 0) is 9.59 Å². The molecule has 1 atom stereocenters. The number of nitrogens with zero attached hydrogens (tertiary/aromatic N) is 3. The molecule has 1 saturated heterocycles. The first-order chi connectivity index (χ1) is 14.5. The third kappa shape index (κ3) is 3.18. The molecule has 1 aromatic heterocycles. The number of aliphatic hydroxyl groups is 1. The Morgan fingerprint density at radius 1 is 1.03 bits per heavy atom.